The van der Waals surface area contributed by atoms with Crippen LogP contribution in [0.3, 0.4) is 0 Å². The van der Waals surface area contributed by atoms with Crippen molar-refractivity contribution >= 4 is 17.8 Å². The molecular formula is C35H48N2O5. The van der Waals surface area contributed by atoms with Gasteiger partial charge in [0.25, 0.3) is 0 Å². The van der Waals surface area contributed by atoms with Gasteiger partial charge in [0.15, 0.2) is 0 Å². The fourth-order valence-corrected chi connectivity index (χ4v) is 4.71. The number of hydrogen-bond acceptors (Lipinski definition) is 5. The number of ether oxygens (including phenoxy) is 2. The summed E-state index contributed by atoms with van der Waals surface area (Å²) in [5, 5.41) is 2.95. The minimum absolute atomic E-state index is 0.103. The highest BCUT2D eigenvalue weighted by Gasteiger charge is 2.32. The van der Waals surface area contributed by atoms with E-state index in [9.17, 15) is 14.4 Å². The highest BCUT2D eigenvalue weighted by Crippen LogP contribution is 2.18. The van der Waals surface area contributed by atoms with Gasteiger partial charge in [-0.25, -0.2) is 4.79 Å². The maximum atomic E-state index is 13.5. The lowest BCUT2D eigenvalue weighted by Gasteiger charge is -2.30. The van der Waals surface area contributed by atoms with Gasteiger partial charge < -0.3 is 19.7 Å². The summed E-state index contributed by atoms with van der Waals surface area (Å²) in [4.78, 5) is 40.7. The summed E-state index contributed by atoms with van der Waals surface area (Å²) in [6.07, 6.45) is 6.86. The van der Waals surface area contributed by atoms with E-state index in [1.165, 1.54) is 4.90 Å². The van der Waals surface area contributed by atoms with Crippen molar-refractivity contribution in [1.29, 1.82) is 0 Å². The Hall–Kier alpha value is -3.71. The molecule has 4 atom stereocenters. The van der Waals surface area contributed by atoms with Crippen LogP contribution >= 0.6 is 0 Å². The van der Waals surface area contributed by atoms with Crippen molar-refractivity contribution in [3.8, 4) is 0 Å². The molecule has 0 aliphatic heterocycles. The van der Waals surface area contributed by atoms with E-state index < -0.39 is 12.0 Å². The Morgan fingerprint density at radius 2 is 1.62 bits per heavy atom. The number of hydrogen-bond donors (Lipinski definition) is 1. The van der Waals surface area contributed by atoms with Gasteiger partial charge in [0.1, 0.15) is 12.1 Å². The molecule has 2 amide bonds. The Morgan fingerprint density at radius 3 is 2.21 bits per heavy atom. The second-order valence-corrected chi connectivity index (χ2v) is 10.7. The van der Waals surface area contributed by atoms with Gasteiger partial charge in [0.05, 0.1) is 19.3 Å². The first kappa shape index (κ1) is 34.5. The third-order valence-corrected chi connectivity index (χ3v) is 7.16. The molecule has 0 aromatic heterocycles. The van der Waals surface area contributed by atoms with Crippen molar-refractivity contribution in [3.05, 3.63) is 97.1 Å². The molecule has 0 fully saturated rings. The summed E-state index contributed by atoms with van der Waals surface area (Å²) >= 11 is 0. The van der Waals surface area contributed by atoms with Gasteiger partial charge in [-0.3, -0.25) is 9.59 Å². The lowest BCUT2D eigenvalue weighted by Crippen LogP contribution is -2.47. The number of esters is 1. The van der Waals surface area contributed by atoms with Crippen LogP contribution in [0.5, 0.6) is 0 Å². The van der Waals surface area contributed by atoms with E-state index in [-0.39, 0.29) is 29.9 Å². The first-order valence-corrected chi connectivity index (χ1v) is 14.9. The summed E-state index contributed by atoms with van der Waals surface area (Å²) in [7, 11) is 1.66. The van der Waals surface area contributed by atoms with Gasteiger partial charge in [-0.2, -0.15) is 0 Å². The fraction of sp³-hybridized carbons (Fsp3) is 0.457. The molecule has 0 aliphatic carbocycles. The van der Waals surface area contributed by atoms with Crippen LogP contribution < -0.4 is 5.32 Å². The molecule has 7 nitrogen and oxygen atoms in total. The Morgan fingerprint density at radius 1 is 0.976 bits per heavy atom. The monoisotopic (exact) mass is 576 g/mol. The van der Waals surface area contributed by atoms with Gasteiger partial charge >= 0.3 is 5.97 Å². The number of amides is 2. The number of benzene rings is 2. The third kappa shape index (κ3) is 12.4. The standard InChI is InChI=1S/C35H48N2O5/c1-6-16-27(4)34(39)37(5)32(24-28-18-11-9-12-19-28)35(40)42-31(17-7-2)22-15-23-33(38)36-30(8-3)26-41-25-29-20-13-10-14-21-29/h6,8-14,18-21,27,30-32H,1,3,7,15-17,22-26H2,2,4-5H3,(H,36,38)/t27-,30+,31-,32-/m0/s1. The molecule has 228 valence electrons. The van der Waals surface area contributed by atoms with Crippen molar-refractivity contribution < 1.29 is 23.9 Å². The fourth-order valence-electron chi connectivity index (χ4n) is 4.71. The molecule has 1 N–H and O–H groups in total. The van der Waals surface area contributed by atoms with Crippen molar-refractivity contribution in [2.24, 2.45) is 5.92 Å². The maximum Gasteiger partial charge on any atom is 0.329 e. The van der Waals surface area contributed by atoms with E-state index in [1.54, 1.807) is 19.2 Å². The predicted molar refractivity (Wildman–Crippen MR) is 168 cm³/mol. The second kappa shape index (κ2) is 19.4. The van der Waals surface area contributed by atoms with Crippen molar-refractivity contribution in [3.63, 3.8) is 0 Å². The van der Waals surface area contributed by atoms with Gasteiger partial charge in [0.2, 0.25) is 11.8 Å². The molecule has 0 aliphatic rings. The second-order valence-electron chi connectivity index (χ2n) is 10.7. The number of carbonyl (C=O) groups excluding carboxylic acids is 3. The van der Waals surface area contributed by atoms with E-state index in [1.807, 2.05) is 74.5 Å². The minimum Gasteiger partial charge on any atom is -0.461 e. The average Bonchev–Trinajstić information content (AvgIpc) is 2.99. The van der Waals surface area contributed by atoms with Crippen molar-refractivity contribution in [1.82, 2.24) is 10.2 Å². The Balaban J connectivity index is 1.92. The van der Waals surface area contributed by atoms with E-state index in [4.69, 9.17) is 9.47 Å². The molecule has 2 aromatic carbocycles. The molecule has 0 spiro atoms. The van der Waals surface area contributed by atoms with E-state index in [0.29, 0.717) is 51.7 Å². The lowest BCUT2D eigenvalue weighted by molar-refractivity contribution is -0.160. The van der Waals surface area contributed by atoms with Crippen LogP contribution in [-0.4, -0.2) is 54.5 Å². The number of nitrogens with zero attached hydrogens (tertiary/aromatic N) is 1. The zero-order valence-electron chi connectivity index (χ0n) is 25.5. The molecule has 0 saturated carbocycles. The lowest BCUT2D eigenvalue weighted by atomic mass is 10.0. The number of likely N-dealkylation sites (N-methyl/N-ethyl adjacent to an activating group) is 1. The maximum absolute atomic E-state index is 13.5. The molecule has 0 radical (unpaired) electrons. The normalized spacial score (nSPS) is 13.7. The van der Waals surface area contributed by atoms with Crippen LogP contribution in [0.1, 0.15) is 63.5 Å². The molecule has 0 bridgehead atoms. The van der Waals surface area contributed by atoms with Crippen LogP contribution in [0, 0.1) is 5.92 Å². The zero-order chi connectivity index (χ0) is 30.7. The van der Waals surface area contributed by atoms with Crippen molar-refractivity contribution in [2.45, 2.75) is 83.6 Å². The summed E-state index contributed by atoms with van der Waals surface area (Å²) in [6.45, 7) is 12.2. The molecule has 0 unspecified atom stereocenters. The van der Waals surface area contributed by atoms with Gasteiger partial charge in [-0.05, 0) is 36.8 Å². The zero-order valence-corrected chi connectivity index (χ0v) is 25.5. The molecule has 7 heteroatoms. The van der Waals surface area contributed by atoms with E-state index >= 15 is 0 Å². The summed E-state index contributed by atoms with van der Waals surface area (Å²) in [5.41, 5.74) is 2.01. The molecule has 0 heterocycles. The Bertz CT molecular complexity index is 1100. The van der Waals surface area contributed by atoms with Crippen LogP contribution in [0.2, 0.25) is 0 Å². The third-order valence-electron chi connectivity index (χ3n) is 7.16. The quantitative estimate of drug-likeness (QED) is 0.154. The van der Waals surface area contributed by atoms with Crippen molar-refractivity contribution in [2.75, 3.05) is 13.7 Å². The first-order chi connectivity index (χ1) is 20.3. The van der Waals surface area contributed by atoms with Crippen LogP contribution in [-0.2, 0) is 36.9 Å². The highest BCUT2D eigenvalue weighted by molar-refractivity contribution is 5.86. The summed E-state index contributed by atoms with van der Waals surface area (Å²) in [6, 6.07) is 18.4. The van der Waals surface area contributed by atoms with Gasteiger partial charge in [-0.15, -0.1) is 13.2 Å². The van der Waals surface area contributed by atoms with E-state index in [0.717, 1.165) is 17.5 Å². The number of carbonyl (C=O) groups is 3. The first-order valence-electron chi connectivity index (χ1n) is 14.9. The highest BCUT2D eigenvalue weighted by atomic mass is 16.5. The topological polar surface area (TPSA) is 84.9 Å². The van der Waals surface area contributed by atoms with Crippen LogP contribution in [0.25, 0.3) is 0 Å². The predicted octanol–water partition coefficient (Wildman–Crippen LogP) is 6.04. The van der Waals surface area contributed by atoms with Crippen LogP contribution in [0.15, 0.2) is 86.0 Å². The molecule has 2 rings (SSSR count). The molecular weight excluding hydrogens is 528 g/mol. The number of allylic oxidation sites excluding steroid dienone is 1. The number of nitrogens with one attached hydrogen (secondary N) is 1. The average molecular weight is 577 g/mol. The summed E-state index contributed by atoms with van der Waals surface area (Å²) < 4.78 is 11.7. The van der Waals surface area contributed by atoms with Gasteiger partial charge in [-0.1, -0.05) is 93.1 Å². The minimum atomic E-state index is -0.751. The SMILES string of the molecule is C=CC[C@H](C)C(=O)N(C)[C@@H](Cc1ccccc1)C(=O)O[C@@H](CCC)CCCC(=O)N[C@H](C=C)COCc1ccccc1. The molecule has 42 heavy (non-hydrogen) atoms. The molecule has 0 saturated heterocycles. The van der Waals surface area contributed by atoms with E-state index in [2.05, 4.69) is 18.5 Å². The number of rotatable bonds is 20. The summed E-state index contributed by atoms with van der Waals surface area (Å²) in [5.74, 6) is -0.938. The molecule has 2 aromatic rings. The Kier molecular flexibility index (Phi) is 15.9. The van der Waals surface area contributed by atoms with Gasteiger partial charge in [0, 0.05) is 25.8 Å². The largest absolute Gasteiger partial charge is 0.461 e. The smallest absolute Gasteiger partial charge is 0.329 e. The Labute approximate surface area is 252 Å². The van der Waals surface area contributed by atoms with Crippen LogP contribution in [0.4, 0.5) is 0 Å².